The van der Waals surface area contributed by atoms with Gasteiger partial charge in [-0.15, -0.1) is 0 Å². The number of methoxy groups -OCH3 is 1. The molecule has 0 bridgehead atoms. The summed E-state index contributed by atoms with van der Waals surface area (Å²) in [6.45, 7) is 5.06. The highest BCUT2D eigenvalue weighted by atomic mass is 16.5. The van der Waals surface area contributed by atoms with Crippen molar-refractivity contribution in [2.75, 3.05) is 20.2 Å². The maximum atomic E-state index is 9.01. The Kier molecular flexibility index (Phi) is 4.99. The molecule has 0 aliphatic carbocycles. The normalized spacial score (nSPS) is 18.5. The van der Waals surface area contributed by atoms with Crippen LogP contribution in [0.1, 0.15) is 30.9 Å². The topological polar surface area (TPSA) is 62.3 Å². The minimum Gasteiger partial charge on any atom is -0.496 e. The molecule has 4 heteroatoms. The zero-order valence-electron chi connectivity index (χ0n) is 12.3. The number of nitriles is 1. The van der Waals surface area contributed by atoms with Crippen LogP contribution in [0.15, 0.2) is 18.2 Å². The molecule has 1 aliphatic rings. The molecule has 2 N–H and O–H groups in total. The van der Waals surface area contributed by atoms with Gasteiger partial charge >= 0.3 is 0 Å². The molecule has 1 heterocycles. The third kappa shape index (κ3) is 3.50. The number of piperidine rings is 1. The highest BCUT2D eigenvalue weighted by Gasteiger charge is 2.22. The van der Waals surface area contributed by atoms with Crippen LogP contribution in [0.25, 0.3) is 0 Å². The fourth-order valence-electron chi connectivity index (χ4n) is 2.85. The molecule has 1 aromatic rings. The van der Waals surface area contributed by atoms with Crippen LogP contribution in [0, 0.1) is 17.2 Å². The van der Waals surface area contributed by atoms with Gasteiger partial charge in [-0.2, -0.15) is 5.26 Å². The fraction of sp³-hybridized carbons (Fsp3) is 0.562. The number of ether oxygens (including phenoxy) is 1. The van der Waals surface area contributed by atoms with Gasteiger partial charge in [0.1, 0.15) is 5.75 Å². The van der Waals surface area contributed by atoms with E-state index in [2.05, 4.69) is 17.9 Å². The van der Waals surface area contributed by atoms with Crippen molar-refractivity contribution in [2.45, 2.75) is 32.4 Å². The third-order valence-electron chi connectivity index (χ3n) is 4.18. The molecule has 1 aromatic carbocycles. The molecule has 2 rings (SSSR count). The van der Waals surface area contributed by atoms with Crippen LogP contribution < -0.4 is 10.5 Å². The predicted octanol–water partition coefficient (Wildman–Crippen LogP) is 2.13. The second kappa shape index (κ2) is 6.74. The Bertz CT molecular complexity index is 485. The van der Waals surface area contributed by atoms with E-state index in [9.17, 15) is 0 Å². The number of hydrogen-bond donors (Lipinski definition) is 1. The minimum absolute atomic E-state index is 0.286. The van der Waals surface area contributed by atoms with Gasteiger partial charge in [-0.1, -0.05) is 0 Å². The Morgan fingerprint density at radius 3 is 2.70 bits per heavy atom. The lowest BCUT2D eigenvalue weighted by Crippen LogP contribution is -2.39. The summed E-state index contributed by atoms with van der Waals surface area (Å²) in [7, 11) is 1.67. The van der Waals surface area contributed by atoms with Crippen molar-refractivity contribution >= 4 is 0 Å². The lowest BCUT2D eigenvalue weighted by Gasteiger charge is -2.33. The highest BCUT2D eigenvalue weighted by molar-refractivity contribution is 5.42. The Labute approximate surface area is 121 Å². The number of nitrogens with zero attached hydrogens (tertiary/aromatic N) is 2. The van der Waals surface area contributed by atoms with Gasteiger partial charge in [-0.05, 0) is 57.0 Å². The van der Waals surface area contributed by atoms with Crippen molar-refractivity contribution in [2.24, 2.45) is 11.7 Å². The zero-order chi connectivity index (χ0) is 14.5. The van der Waals surface area contributed by atoms with Crippen molar-refractivity contribution in [3.05, 3.63) is 29.3 Å². The SMILES string of the molecule is COc1ccc(C#N)cc1CN1CCC(C(C)N)CC1. The number of benzene rings is 1. The van der Waals surface area contributed by atoms with E-state index in [1.807, 2.05) is 12.1 Å². The van der Waals surface area contributed by atoms with Crippen molar-refractivity contribution in [3.63, 3.8) is 0 Å². The molecule has 0 aromatic heterocycles. The van der Waals surface area contributed by atoms with Crippen molar-refractivity contribution in [3.8, 4) is 11.8 Å². The van der Waals surface area contributed by atoms with E-state index in [-0.39, 0.29) is 6.04 Å². The molecule has 1 aliphatic heterocycles. The molecule has 108 valence electrons. The first-order chi connectivity index (χ1) is 9.63. The van der Waals surface area contributed by atoms with Gasteiger partial charge in [0.05, 0.1) is 18.7 Å². The second-order valence-electron chi connectivity index (χ2n) is 5.61. The molecular weight excluding hydrogens is 250 g/mol. The lowest BCUT2D eigenvalue weighted by atomic mass is 9.91. The molecule has 1 atom stereocenters. The smallest absolute Gasteiger partial charge is 0.123 e. The van der Waals surface area contributed by atoms with Crippen LogP contribution in [-0.4, -0.2) is 31.1 Å². The van der Waals surface area contributed by atoms with E-state index in [4.69, 9.17) is 15.7 Å². The van der Waals surface area contributed by atoms with Crippen molar-refractivity contribution in [1.82, 2.24) is 4.90 Å². The molecule has 0 spiro atoms. The summed E-state index contributed by atoms with van der Waals surface area (Å²) in [5.41, 5.74) is 7.75. The monoisotopic (exact) mass is 273 g/mol. The molecule has 1 unspecified atom stereocenters. The first kappa shape index (κ1) is 14.8. The maximum absolute atomic E-state index is 9.01. The van der Waals surface area contributed by atoms with Crippen LogP contribution in [0.2, 0.25) is 0 Å². The summed E-state index contributed by atoms with van der Waals surface area (Å²) < 4.78 is 5.39. The van der Waals surface area contributed by atoms with Gasteiger partial charge in [-0.25, -0.2) is 0 Å². The molecule has 0 radical (unpaired) electrons. The first-order valence-electron chi connectivity index (χ1n) is 7.19. The Balaban J connectivity index is 2.02. The largest absolute Gasteiger partial charge is 0.496 e. The Morgan fingerprint density at radius 2 is 2.15 bits per heavy atom. The van der Waals surface area contributed by atoms with Crippen LogP contribution in [0.3, 0.4) is 0 Å². The first-order valence-corrected chi connectivity index (χ1v) is 7.19. The van der Waals surface area contributed by atoms with Gasteiger partial charge in [0.25, 0.3) is 0 Å². The van der Waals surface area contributed by atoms with Gasteiger partial charge in [0.15, 0.2) is 0 Å². The van der Waals surface area contributed by atoms with E-state index >= 15 is 0 Å². The van der Waals surface area contributed by atoms with Crippen LogP contribution in [-0.2, 0) is 6.54 Å². The van der Waals surface area contributed by atoms with Gasteiger partial charge in [-0.3, -0.25) is 4.90 Å². The fourth-order valence-corrected chi connectivity index (χ4v) is 2.85. The third-order valence-corrected chi connectivity index (χ3v) is 4.18. The molecule has 4 nitrogen and oxygen atoms in total. The van der Waals surface area contributed by atoms with Crippen LogP contribution >= 0.6 is 0 Å². The summed E-state index contributed by atoms with van der Waals surface area (Å²) in [5, 5.41) is 9.01. The van der Waals surface area contributed by atoms with E-state index in [0.29, 0.717) is 11.5 Å². The molecule has 0 amide bonds. The maximum Gasteiger partial charge on any atom is 0.123 e. The van der Waals surface area contributed by atoms with E-state index < -0.39 is 0 Å². The summed E-state index contributed by atoms with van der Waals surface area (Å²) in [4.78, 5) is 2.41. The highest BCUT2D eigenvalue weighted by Crippen LogP contribution is 2.25. The minimum atomic E-state index is 0.286. The van der Waals surface area contributed by atoms with Crippen LogP contribution in [0.4, 0.5) is 0 Å². The van der Waals surface area contributed by atoms with E-state index in [1.54, 1.807) is 13.2 Å². The van der Waals surface area contributed by atoms with E-state index in [1.165, 1.54) is 0 Å². The van der Waals surface area contributed by atoms with Gasteiger partial charge in [0.2, 0.25) is 0 Å². The molecule has 1 saturated heterocycles. The second-order valence-corrected chi connectivity index (χ2v) is 5.61. The van der Waals surface area contributed by atoms with Gasteiger partial charge in [0, 0.05) is 18.2 Å². The molecule has 20 heavy (non-hydrogen) atoms. The molecule has 1 fully saturated rings. The molecule has 0 saturated carbocycles. The summed E-state index contributed by atoms with van der Waals surface area (Å²) in [6.07, 6.45) is 2.30. The van der Waals surface area contributed by atoms with E-state index in [0.717, 1.165) is 43.8 Å². The number of hydrogen-bond acceptors (Lipinski definition) is 4. The average molecular weight is 273 g/mol. The van der Waals surface area contributed by atoms with Crippen LogP contribution in [0.5, 0.6) is 5.75 Å². The zero-order valence-corrected chi connectivity index (χ0v) is 12.3. The summed E-state index contributed by atoms with van der Waals surface area (Å²) >= 11 is 0. The number of rotatable bonds is 4. The Hall–Kier alpha value is -1.57. The molecular formula is C16H23N3O. The summed E-state index contributed by atoms with van der Waals surface area (Å²) in [6, 6.07) is 8.07. The number of nitrogens with two attached hydrogens (primary N) is 1. The van der Waals surface area contributed by atoms with Gasteiger partial charge < -0.3 is 10.5 Å². The Morgan fingerprint density at radius 1 is 1.45 bits per heavy atom. The van der Waals surface area contributed by atoms with Crippen molar-refractivity contribution in [1.29, 1.82) is 5.26 Å². The standard InChI is InChI=1S/C16H23N3O/c1-12(18)14-5-7-19(8-6-14)11-15-9-13(10-17)3-4-16(15)20-2/h3-4,9,12,14H,5-8,11,18H2,1-2H3. The van der Waals surface area contributed by atoms with Crippen molar-refractivity contribution < 1.29 is 4.74 Å². The average Bonchev–Trinajstić information content (AvgIpc) is 2.47. The quantitative estimate of drug-likeness (QED) is 0.913. The predicted molar refractivity (Wildman–Crippen MR) is 79.4 cm³/mol. The number of likely N-dealkylation sites (tertiary alicyclic amines) is 1. The summed E-state index contributed by atoms with van der Waals surface area (Å²) in [5.74, 6) is 1.50. The lowest BCUT2D eigenvalue weighted by molar-refractivity contribution is 0.164.